The smallest absolute Gasteiger partial charge is 0.296 e. The summed E-state index contributed by atoms with van der Waals surface area (Å²) in [6, 6.07) is -0.476. The molecule has 1 aliphatic heterocycles. The molecule has 0 spiro atoms. The summed E-state index contributed by atoms with van der Waals surface area (Å²) >= 11 is 0. The summed E-state index contributed by atoms with van der Waals surface area (Å²) in [6.45, 7) is 0. The number of hydrogen-bond acceptors (Lipinski definition) is 4. The number of nitrogens with two attached hydrogens (primary N) is 2. The van der Waals surface area contributed by atoms with Gasteiger partial charge in [-0.05, 0) is 0 Å². The van der Waals surface area contributed by atoms with E-state index in [1.54, 1.807) is 0 Å². The van der Waals surface area contributed by atoms with E-state index in [0.29, 0.717) is 0 Å². The summed E-state index contributed by atoms with van der Waals surface area (Å²) in [5, 5.41) is 0. The van der Waals surface area contributed by atoms with Gasteiger partial charge in [0.15, 0.2) is 5.79 Å². The van der Waals surface area contributed by atoms with Crippen molar-refractivity contribution in [1.29, 1.82) is 0 Å². The minimum absolute atomic E-state index is 0.0499. The van der Waals surface area contributed by atoms with E-state index in [0.717, 1.165) is 9.80 Å². The molecule has 0 aromatic heterocycles. The van der Waals surface area contributed by atoms with Crippen molar-refractivity contribution in [1.82, 2.24) is 9.80 Å². The van der Waals surface area contributed by atoms with Gasteiger partial charge in [-0.2, -0.15) is 0 Å². The van der Waals surface area contributed by atoms with E-state index < -0.39 is 11.8 Å². The number of rotatable bonds is 0. The van der Waals surface area contributed by atoms with Crippen molar-refractivity contribution >= 4 is 11.9 Å². The fraction of sp³-hybridized carbons (Fsp3) is 0.667. The average molecular weight is 172 g/mol. The maximum Gasteiger partial charge on any atom is 0.328 e. The predicted molar refractivity (Wildman–Crippen MR) is 41.7 cm³/mol. The third-order valence-electron chi connectivity index (χ3n) is 2.01. The molecular formula is C6H12N4O2. The molecule has 0 unspecified atom stereocenters. The number of imide groups is 1. The van der Waals surface area contributed by atoms with Gasteiger partial charge in [0.2, 0.25) is 5.91 Å². The molecular weight excluding hydrogens is 160 g/mol. The van der Waals surface area contributed by atoms with Gasteiger partial charge in [-0.3, -0.25) is 26.1 Å². The standard InChI is InChI=1S/C6H12N4O2/c1-9-4(11)3-6(7,8)10(2)5(9)12/h3,7-8H2,1-2H3. The van der Waals surface area contributed by atoms with Crippen molar-refractivity contribution in [3.8, 4) is 0 Å². The first-order chi connectivity index (χ1) is 5.36. The second-order valence-electron chi connectivity index (χ2n) is 2.96. The molecule has 1 heterocycles. The number of urea groups is 1. The Kier molecular flexibility index (Phi) is 1.81. The van der Waals surface area contributed by atoms with Crippen LogP contribution in [0.15, 0.2) is 0 Å². The molecule has 6 heteroatoms. The molecule has 0 aliphatic carbocycles. The molecule has 0 bridgehead atoms. The van der Waals surface area contributed by atoms with E-state index in [2.05, 4.69) is 0 Å². The summed E-state index contributed by atoms with van der Waals surface area (Å²) in [7, 11) is 2.86. The lowest BCUT2D eigenvalue weighted by atomic mass is 10.1. The highest BCUT2D eigenvalue weighted by molar-refractivity contribution is 5.97. The minimum atomic E-state index is -1.35. The van der Waals surface area contributed by atoms with E-state index in [4.69, 9.17) is 11.5 Å². The summed E-state index contributed by atoms with van der Waals surface area (Å²) in [6.07, 6.45) is -0.0499. The third kappa shape index (κ3) is 1.15. The second kappa shape index (κ2) is 2.43. The molecule has 6 nitrogen and oxygen atoms in total. The van der Waals surface area contributed by atoms with Crippen LogP contribution in [0.2, 0.25) is 0 Å². The molecule has 0 aromatic carbocycles. The molecule has 3 amide bonds. The first-order valence-corrected chi connectivity index (χ1v) is 3.48. The fourth-order valence-corrected chi connectivity index (χ4v) is 0.989. The summed E-state index contributed by atoms with van der Waals surface area (Å²) in [4.78, 5) is 24.5. The Hall–Kier alpha value is -1.14. The van der Waals surface area contributed by atoms with Crippen LogP contribution in [-0.4, -0.2) is 41.6 Å². The van der Waals surface area contributed by atoms with Crippen molar-refractivity contribution in [2.24, 2.45) is 11.5 Å². The monoisotopic (exact) mass is 172 g/mol. The quantitative estimate of drug-likeness (QED) is 0.433. The molecule has 0 aromatic rings. The zero-order chi connectivity index (χ0) is 9.52. The highest BCUT2D eigenvalue weighted by Gasteiger charge is 2.40. The van der Waals surface area contributed by atoms with Crippen molar-refractivity contribution in [2.45, 2.75) is 12.2 Å². The number of carbonyl (C=O) groups excluding carboxylic acids is 2. The molecule has 1 fully saturated rings. The Morgan fingerprint density at radius 3 is 2.33 bits per heavy atom. The zero-order valence-electron chi connectivity index (χ0n) is 7.07. The number of nitrogens with zero attached hydrogens (tertiary/aromatic N) is 2. The summed E-state index contributed by atoms with van der Waals surface area (Å²) < 4.78 is 0. The number of carbonyl (C=O) groups is 2. The molecule has 12 heavy (non-hydrogen) atoms. The molecule has 0 radical (unpaired) electrons. The van der Waals surface area contributed by atoms with Crippen LogP contribution in [0, 0.1) is 0 Å². The predicted octanol–water partition coefficient (Wildman–Crippen LogP) is -1.53. The Morgan fingerprint density at radius 2 is 1.83 bits per heavy atom. The van der Waals surface area contributed by atoms with Crippen molar-refractivity contribution in [2.75, 3.05) is 14.1 Å². The molecule has 0 atom stereocenters. The van der Waals surface area contributed by atoms with E-state index in [1.165, 1.54) is 14.1 Å². The van der Waals surface area contributed by atoms with Crippen molar-refractivity contribution in [3.05, 3.63) is 0 Å². The Morgan fingerprint density at radius 1 is 1.33 bits per heavy atom. The van der Waals surface area contributed by atoms with Gasteiger partial charge in [0.1, 0.15) is 0 Å². The van der Waals surface area contributed by atoms with Gasteiger partial charge in [-0.1, -0.05) is 0 Å². The molecule has 68 valence electrons. The highest BCUT2D eigenvalue weighted by Crippen LogP contribution is 2.15. The normalized spacial score (nSPS) is 23.3. The van der Waals surface area contributed by atoms with Crippen LogP contribution in [0.4, 0.5) is 4.79 Å². The van der Waals surface area contributed by atoms with E-state index in [9.17, 15) is 9.59 Å². The Balaban J connectivity index is 2.93. The van der Waals surface area contributed by atoms with E-state index in [1.807, 2.05) is 0 Å². The Labute approximate surface area is 70.1 Å². The first kappa shape index (κ1) is 8.95. The molecule has 1 rings (SSSR count). The zero-order valence-corrected chi connectivity index (χ0v) is 7.07. The highest BCUT2D eigenvalue weighted by atomic mass is 16.2. The summed E-state index contributed by atoms with van der Waals surface area (Å²) in [5.41, 5.74) is 11.0. The average Bonchev–Trinajstić information content (AvgIpc) is 1.97. The molecule has 0 saturated carbocycles. The summed E-state index contributed by atoms with van der Waals surface area (Å²) in [5.74, 6) is -1.70. The largest absolute Gasteiger partial charge is 0.328 e. The van der Waals surface area contributed by atoms with Crippen molar-refractivity contribution in [3.63, 3.8) is 0 Å². The third-order valence-corrected chi connectivity index (χ3v) is 2.01. The van der Waals surface area contributed by atoms with Crippen LogP contribution in [0.1, 0.15) is 6.42 Å². The van der Waals surface area contributed by atoms with E-state index >= 15 is 0 Å². The minimum Gasteiger partial charge on any atom is -0.296 e. The van der Waals surface area contributed by atoms with E-state index in [-0.39, 0.29) is 12.3 Å². The van der Waals surface area contributed by atoms with Crippen LogP contribution in [-0.2, 0) is 4.79 Å². The fourth-order valence-electron chi connectivity index (χ4n) is 0.989. The molecule has 1 aliphatic rings. The topological polar surface area (TPSA) is 92.7 Å². The Bertz CT molecular complexity index is 238. The maximum atomic E-state index is 11.2. The molecule has 1 saturated heterocycles. The van der Waals surface area contributed by atoms with Crippen molar-refractivity contribution < 1.29 is 9.59 Å². The van der Waals surface area contributed by atoms with Crippen LogP contribution < -0.4 is 11.5 Å². The van der Waals surface area contributed by atoms with Gasteiger partial charge in [0.05, 0.1) is 6.42 Å². The lowest BCUT2D eigenvalue weighted by molar-refractivity contribution is -0.133. The van der Waals surface area contributed by atoms with Gasteiger partial charge >= 0.3 is 6.03 Å². The van der Waals surface area contributed by atoms with Gasteiger partial charge in [-0.25, -0.2) is 4.79 Å². The first-order valence-electron chi connectivity index (χ1n) is 3.48. The van der Waals surface area contributed by atoms with Gasteiger partial charge < -0.3 is 0 Å². The van der Waals surface area contributed by atoms with Gasteiger partial charge in [0.25, 0.3) is 0 Å². The SMILES string of the molecule is CN1C(=O)CC(N)(N)N(C)C1=O. The maximum absolute atomic E-state index is 11.2. The van der Waals surface area contributed by atoms with Crippen LogP contribution in [0.25, 0.3) is 0 Å². The van der Waals surface area contributed by atoms with Crippen LogP contribution >= 0.6 is 0 Å². The lowest BCUT2D eigenvalue weighted by Gasteiger charge is -2.41. The van der Waals surface area contributed by atoms with Crippen LogP contribution in [0.5, 0.6) is 0 Å². The van der Waals surface area contributed by atoms with Gasteiger partial charge in [0, 0.05) is 14.1 Å². The number of amides is 3. The molecule has 4 N–H and O–H groups in total. The van der Waals surface area contributed by atoms with Gasteiger partial charge in [-0.15, -0.1) is 0 Å². The lowest BCUT2D eigenvalue weighted by Crippen LogP contribution is -2.70. The second-order valence-corrected chi connectivity index (χ2v) is 2.96. The number of hydrogen-bond donors (Lipinski definition) is 2. The van der Waals surface area contributed by atoms with Crippen LogP contribution in [0.3, 0.4) is 0 Å².